The first-order valence-corrected chi connectivity index (χ1v) is 8.31. The van der Waals surface area contributed by atoms with Crippen LogP contribution in [-0.2, 0) is 0 Å². The molecule has 122 valence electrons. The van der Waals surface area contributed by atoms with Gasteiger partial charge < -0.3 is 4.42 Å². The molecule has 25 heavy (non-hydrogen) atoms. The van der Waals surface area contributed by atoms with E-state index in [2.05, 4.69) is 10.5 Å². The lowest BCUT2D eigenvalue weighted by Gasteiger charge is -2.06. The number of para-hydroxylation sites is 1. The lowest BCUT2D eigenvalue weighted by molar-refractivity contribution is 0.618. The number of fused-ring (bicyclic) bond motifs is 1. The van der Waals surface area contributed by atoms with Crippen molar-refractivity contribution in [3.05, 3.63) is 95.3 Å². The predicted octanol–water partition coefficient (Wildman–Crippen LogP) is 5.68. The van der Waals surface area contributed by atoms with Crippen molar-refractivity contribution in [2.24, 2.45) is 5.10 Å². The Morgan fingerprint density at radius 3 is 2.28 bits per heavy atom. The molecule has 0 amide bonds. The van der Waals surface area contributed by atoms with Crippen LogP contribution >= 0.6 is 11.6 Å². The van der Waals surface area contributed by atoms with Crippen LogP contribution in [0.4, 0.5) is 5.69 Å². The minimum atomic E-state index is 0.645. The van der Waals surface area contributed by atoms with Crippen LogP contribution in [0.25, 0.3) is 22.3 Å². The van der Waals surface area contributed by atoms with Crippen molar-refractivity contribution in [3.63, 3.8) is 0 Å². The Morgan fingerprint density at radius 1 is 0.800 bits per heavy atom. The average Bonchev–Trinajstić information content (AvgIpc) is 2.67. The standard InChI is InChI=1S/C21H15ClN2O/c22-16-11-12-20-18(13-16)19(24-23-17-9-5-2-6-10-17)14-21(25-20)15-7-3-1-4-8-15/h1-14,23H/b24-19-. The molecule has 0 aliphatic rings. The highest BCUT2D eigenvalue weighted by molar-refractivity contribution is 6.31. The molecule has 4 heteroatoms. The van der Waals surface area contributed by atoms with Crippen molar-refractivity contribution in [2.75, 3.05) is 5.43 Å². The lowest BCUT2D eigenvalue weighted by Crippen LogP contribution is -2.07. The van der Waals surface area contributed by atoms with Crippen molar-refractivity contribution in [1.29, 1.82) is 0 Å². The normalized spacial score (nSPS) is 11.6. The molecular formula is C21H15ClN2O. The second-order valence-electron chi connectivity index (χ2n) is 5.59. The van der Waals surface area contributed by atoms with Gasteiger partial charge in [-0.1, -0.05) is 60.1 Å². The minimum absolute atomic E-state index is 0.645. The number of nitrogens with zero attached hydrogens (tertiary/aromatic N) is 1. The van der Waals surface area contributed by atoms with Gasteiger partial charge in [0.15, 0.2) is 0 Å². The Balaban J connectivity index is 1.89. The van der Waals surface area contributed by atoms with Crippen molar-refractivity contribution in [1.82, 2.24) is 0 Å². The van der Waals surface area contributed by atoms with Gasteiger partial charge >= 0.3 is 0 Å². The number of anilines is 1. The Hall–Kier alpha value is -3.04. The van der Waals surface area contributed by atoms with E-state index in [1.165, 1.54) is 0 Å². The van der Waals surface area contributed by atoms with E-state index in [-0.39, 0.29) is 0 Å². The first kappa shape index (κ1) is 15.5. The second kappa shape index (κ2) is 6.83. The summed E-state index contributed by atoms with van der Waals surface area (Å²) in [7, 11) is 0. The van der Waals surface area contributed by atoms with E-state index in [0.29, 0.717) is 5.02 Å². The molecule has 0 atom stereocenters. The van der Waals surface area contributed by atoms with E-state index in [4.69, 9.17) is 16.0 Å². The molecule has 0 saturated heterocycles. The molecule has 1 heterocycles. The highest BCUT2D eigenvalue weighted by atomic mass is 35.5. The summed E-state index contributed by atoms with van der Waals surface area (Å²) in [4.78, 5) is 0. The zero-order chi connectivity index (χ0) is 17.1. The fraction of sp³-hybridized carbons (Fsp3) is 0. The number of benzene rings is 3. The molecule has 1 aromatic heterocycles. The largest absolute Gasteiger partial charge is 0.456 e. The molecule has 0 unspecified atom stereocenters. The third kappa shape index (κ3) is 3.42. The summed E-state index contributed by atoms with van der Waals surface area (Å²) in [6.07, 6.45) is 0. The van der Waals surface area contributed by atoms with Gasteiger partial charge in [0.2, 0.25) is 0 Å². The molecule has 4 aromatic rings. The van der Waals surface area contributed by atoms with Crippen LogP contribution < -0.4 is 10.8 Å². The van der Waals surface area contributed by atoms with Gasteiger partial charge in [0, 0.05) is 22.0 Å². The highest BCUT2D eigenvalue weighted by Gasteiger charge is 2.06. The summed E-state index contributed by atoms with van der Waals surface area (Å²) >= 11 is 6.16. The van der Waals surface area contributed by atoms with Crippen LogP contribution in [0.2, 0.25) is 5.02 Å². The van der Waals surface area contributed by atoms with E-state index >= 15 is 0 Å². The van der Waals surface area contributed by atoms with Crippen LogP contribution in [0.5, 0.6) is 0 Å². The maximum atomic E-state index is 6.16. The van der Waals surface area contributed by atoms with Crippen LogP contribution in [0, 0.1) is 0 Å². The Morgan fingerprint density at radius 2 is 1.52 bits per heavy atom. The van der Waals surface area contributed by atoms with Crippen LogP contribution in [-0.4, -0.2) is 0 Å². The zero-order valence-corrected chi connectivity index (χ0v) is 14.1. The van der Waals surface area contributed by atoms with E-state index in [0.717, 1.165) is 33.3 Å². The Labute approximate surface area is 150 Å². The first-order chi connectivity index (χ1) is 12.3. The van der Waals surface area contributed by atoms with E-state index < -0.39 is 0 Å². The fourth-order valence-corrected chi connectivity index (χ4v) is 2.79. The smallest absolute Gasteiger partial charge is 0.137 e. The van der Waals surface area contributed by atoms with Crippen molar-refractivity contribution >= 4 is 28.3 Å². The van der Waals surface area contributed by atoms with Gasteiger partial charge in [-0.25, -0.2) is 0 Å². The summed E-state index contributed by atoms with van der Waals surface area (Å²) in [6, 6.07) is 27.2. The van der Waals surface area contributed by atoms with Gasteiger partial charge in [-0.2, -0.15) is 5.10 Å². The maximum Gasteiger partial charge on any atom is 0.137 e. The highest BCUT2D eigenvalue weighted by Crippen LogP contribution is 2.23. The number of hydrogen-bond donors (Lipinski definition) is 1. The van der Waals surface area contributed by atoms with E-state index in [1.54, 1.807) is 0 Å². The van der Waals surface area contributed by atoms with Crippen LogP contribution in [0.1, 0.15) is 0 Å². The predicted molar refractivity (Wildman–Crippen MR) is 102 cm³/mol. The summed E-state index contributed by atoms with van der Waals surface area (Å²) in [5.74, 6) is 0.754. The van der Waals surface area contributed by atoms with E-state index in [9.17, 15) is 0 Å². The summed E-state index contributed by atoms with van der Waals surface area (Å²) in [5, 5.41) is 6.83. The van der Waals surface area contributed by atoms with Gasteiger partial charge in [0.1, 0.15) is 11.3 Å². The van der Waals surface area contributed by atoms with Crippen LogP contribution in [0.15, 0.2) is 94.4 Å². The lowest BCUT2D eigenvalue weighted by atomic mass is 10.1. The molecule has 0 aliphatic carbocycles. The zero-order valence-electron chi connectivity index (χ0n) is 13.3. The van der Waals surface area contributed by atoms with E-state index in [1.807, 2.05) is 84.9 Å². The SMILES string of the molecule is Clc1ccc2oc(-c3ccccc3)c/c(=N/Nc3ccccc3)c2c1. The molecule has 1 N–H and O–H groups in total. The molecule has 0 aliphatic heterocycles. The van der Waals surface area contributed by atoms with Crippen molar-refractivity contribution in [2.45, 2.75) is 0 Å². The molecule has 0 spiro atoms. The third-order valence-electron chi connectivity index (χ3n) is 3.84. The first-order valence-electron chi connectivity index (χ1n) is 7.93. The summed E-state index contributed by atoms with van der Waals surface area (Å²) < 4.78 is 6.05. The topological polar surface area (TPSA) is 37.5 Å². The molecular weight excluding hydrogens is 332 g/mol. The van der Waals surface area contributed by atoms with Crippen molar-refractivity contribution < 1.29 is 4.42 Å². The van der Waals surface area contributed by atoms with Gasteiger partial charge in [-0.3, -0.25) is 5.43 Å². The van der Waals surface area contributed by atoms with Gasteiger partial charge in [-0.15, -0.1) is 0 Å². The molecule has 0 saturated carbocycles. The molecule has 3 aromatic carbocycles. The van der Waals surface area contributed by atoms with Gasteiger partial charge in [0.25, 0.3) is 0 Å². The van der Waals surface area contributed by atoms with Gasteiger partial charge in [-0.05, 0) is 30.3 Å². The Bertz CT molecular complexity index is 1070. The summed E-state index contributed by atoms with van der Waals surface area (Å²) in [5.41, 5.74) is 5.74. The summed E-state index contributed by atoms with van der Waals surface area (Å²) in [6.45, 7) is 0. The molecule has 0 fully saturated rings. The average molecular weight is 347 g/mol. The molecule has 3 nitrogen and oxygen atoms in total. The fourth-order valence-electron chi connectivity index (χ4n) is 2.62. The molecule has 0 bridgehead atoms. The second-order valence-corrected chi connectivity index (χ2v) is 6.03. The Kier molecular flexibility index (Phi) is 4.23. The van der Waals surface area contributed by atoms with Crippen molar-refractivity contribution in [3.8, 4) is 11.3 Å². The van der Waals surface area contributed by atoms with Gasteiger partial charge in [0.05, 0.1) is 11.0 Å². The third-order valence-corrected chi connectivity index (χ3v) is 4.08. The number of hydrogen-bond acceptors (Lipinski definition) is 3. The minimum Gasteiger partial charge on any atom is -0.456 e. The number of halogens is 1. The quantitative estimate of drug-likeness (QED) is 0.484. The number of rotatable bonds is 3. The molecule has 0 radical (unpaired) electrons. The van der Waals surface area contributed by atoms with Crippen LogP contribution in [0.3, 0.4) is 0 Å². The maximum absolute atomic E-state index is 6.16. The number of nitrogens with one attached hydrogen (secondary N) is 1. The monoisotopic (exact) mass is 346 g/mol. The molecule has 4 rings (SSSR count).